The van der Waals surface area contributed by atoms with E-state index >= 15 is 0 Å². The second-order valence-corrected chi connectivity index (χ2v) is 2.51. The Morgan fingerprint density at radius 3 is 2.23 bits per heavy atom. The van der Waals surface area contributed by atoms with Gasteiger partial charge in [0.1, 0.15) is 0 Å². The van der Waals surface area contributed by atoms with Gasteiger partial charge in [-0.1, -0.05) is 6.92 Å². The number of rotatable bonds is 5. The van der Waals surface area contributed by atoms with Crippen LogP contribution in [0.5, 0.6) is 0 Å². The molecule has 0 aromatic carbocycles. The first kappa shape index (κ1) is 16.4. The molecular formula is C6H11BF3KN2. The van der Waals surface area contributed by atoms with Crippen LogP contribution in [0, 0.1) is 11.3 Å². The molecule has 0 radical (unpaired) electrons. The van der Waals surface area contributed by atoms with Gasteiger partial charge in [0.25, 0.3) is 0 Å². The quantitative estimate of drug-likeness (QED) is 0.531. The van der Waals surface area contributed by atoms with Crippen LogP contribution in [-0.4, -0.2) is 31.4 Å². The third-order valence-electron chi connectivity index (χ3n) is 1.45. The zero-order valence-corrected chi connectivity index (χ0v) is 11.1. The molecule has 0 amide bonds. The van der Waals surface area contributed by atoms with Crippen LogP contribution < -0.4 is 51.4 Å². The summed E-state index contributed by atoms with van der Waals surface area (Å²) in [4.78, 5) is 1.23. The van der Waals surface area contributed by atoms with Crippen molar-refractivity contribution in [3.8, 4) is 6.07 Å². The molecule has 0 aliphatic carbocycles. The number of hydrogen-bond acceptors (Lipinski definition) is 2. The van der Waals surface area contributed by atoms with Crippen molar-refractivity contribution in [2.24, 2.45) is 0 Å². The zero-order valence-electron chi connectivity index (χ0n) is 7.93. The molecule has 0 saturated heterocycles. The van der Waals surface area contributed by atoms with E-state index in [2.05, 4.69) is 0 Å². The Labute approximate surface area is 119 Å². The van der Waals surface area contributed by atoms with Crippen molar-refractivity contribution in [3.63, 3.8) is 0 Å². The van der Waals surface area contributed by atoms with Crippen LogP contribution >= 0.6 is 0 Å². The Hall–Kier alpha value is 0.941. The van der Waals surface area contributed by atoms with E-state index < -0.39 is 13.4 Å². The van der Waals surface area contributed by atoms with Gasteiger partial charge in [-0.3, -0.25) is 0 Å². The van der Waals surface area contributed by atoms with Gasteiger partial charge < -0.3 is 17.8 Å². The number of nitriles is 1. The fourth-order valence-corrected chi connectivity index (χ4v) is 0.879. The van der Waals surface area contributed by atoms with E-state index in [9.17, 15) is 12.9 Å². The van der Waals surface area contributed by atoms with E-state index in [-0.39, 0.29) is 64.4 Å². The van der Waals surface area contributed by atoms with Crippen LogP contribution in [0.25, 0.3) is 0 Å². The van der Waals surface area contributed by atoms with Crippen LogP contribution in [0.4, 0.5) is 12.9 Å². The topological polar surface area (TPSA) is 27.0 Å². The first-order valence-corrected chi connectivity index (χ1v) is 3.80. The van der Waals surface area contributed by atoms with Gasteiger partial charge in [-0.05, 0) is 13.0 Å². The molecule has 0 atom stereocenters. The Morgan fingerprint density at radius 2 is 1.92 bits per heavy atom. The van der Waals surface area contributed by atoms with Crippen LogP contribution in [-0.2, 0) is 0 Å². The van der Waals surface area contributed by atoms with E-state index in [4.69, 9.17) is 5.26 Å². The van der Waals surface area contributed by atoms with Gasteiger partial charge in [0.05, 0.1) is 6.07 Å². The average molecular weight is 218 g/mol. The third-order valence-corrected chi connectivity index (χ3v) is 1.45. The van der Waals surface area contributed by atoms with Crippen LogP contribution in [0.3, 0.4) is 0 Å². The molecule has 0 aliphatic rings. The van der Waals surface area contributed by atoms with E-state index in [0.29, 0.717) is 6.54 Å². The second kappa shape index (κ2) is 8.27. The Kier molecular flexibility index (Phi) is 10.4. The summed E-state index contributed by atoms with van der Waals surface area (Å²) in [6, 6.07) is 1.82. The summed E-state index contributed by atoms with van der Waals surface area (Å²) < 4.78 is 35.6. The number of nitrogens with zero attached hydrogens (tertiary/aromatic N) is 2. The largest absolute Gasteiger partial charge is 1.00 e. The number of hydrogen-bond donors (Lipinski definition) is 0. The Balaban J connectivity index is 0. The van der Waals surface area contributed by atoms with Crippen molar-refractivity contribution >= 4 is 6.98 Å². The summed E-state index contributed by atoms with van der Waals surface area (Å²) in [5.41, 5.74) is 0. The monoisotopic (exact) mass is 218 g/mol. The Bertz CT molecular complexity index is 168. The average Bonchev–Trinajstić information content (AvgIpc) is 1.95. The summed E-state index contributed by atoms with van der Waals surface area (Å²) in [6.07, 6.45) is -0.710. The maximum absolute atomic E-state index is 11.9. The minimum absolute atomic E-state index is 0. The van der Waals surface area contributed by atoms with Crippen LogP contribution in [0.1, 0.15) is 13.3 Å². The maximum Gasteiger partial charge on any atom is 1.00 e. The Morgan fingerprint density at radius 1 is 1.38 bits per heavy atom. The van der Waals surface area contributed by atoms with Crippen molar-refractivity contribution < 1.29 is 64.3 Å². The first-order chi connectivity index (χ1) is 5.49. The van der Waals surface area contributed by atoms with Gasteiger partial charge in [0.15, 0.2) is 0 Å². The fourth-order valence-electron chi connectivity index (χ4n) is 0.879. The molecule has 0 saturated carbocycles. The smallest absolute Gasteiger partial charge is 0.448 e. The van der Waals surface area contributed by atoms with Gasteiger partial charge in [0.2, 0.25) is 0 Å². The van der Waals surface area contributed by atoms with Crippen LogP contribution in [0.2, 0.25) is 0 Å². The summed E-state index contributed by atoms with van der Waals surface area (Å²) in [7, 11) is 0. The predicted octanol–water partition coefficient (Wildman–Crippen LogP) is -1.39. The summed E-state index contributed by atoms with van der Waals surface area (Å²) in [5.74, 6) is 0. The molecule has 0 aromatic heterocycles. The van der Waals surface area contributed by atoms with E-state index in [0.717, 1.165) is 0 Å². The third kappa shape index (κ3) is 10.9. The van der Waals surface area contributed by atoms with Crippen molar-refractivity contribution in [2.75, 3.05) is 19.5 Å². The molecule has 0 fully saturated rings. The maximum atomic E-state index is 11.9. The predicted molar refractivity (Wildman–Crippen MR) is 41.4 cm³/mol. The molecule has 70 valence electrons. The molecule has 0 spiro atoms. The van der Waals surface area contributed by atoms with Gasteiger partial charge in [-0.25, -0.2) is 0 Å². The van der Waals surface area contributed by atoms with Gasteiger partial charge in [0, 0.05) is 13.0 Å². The first-order valence-electron chi connectivity index (χ1n) is 3.80. The molecular weight excluding hydrogens is 207 g/mol. The van der Waals surface area contributed by atoms with Gasteiger partial charge in [-0.2, -0.15) is 5.26 Å². The molecule has 2 nitrogen and oxygen atoms in total. The van der Waals surface area contributed by atoms with Crippen LogP contribution in [0.15, 0.2) is 0 Å². The van der Waals surface area contributed by atoms with E-state index in [1.807, 2.05) is 6.07 Å². The fraction of sp³-hybridized carbons (Fsp3) is 0.833. The van der Waals surface area contributed by atoms with E-state index in [1.165, 1.54) is 4.90 Å². The van der Waals surface area contributed by atoms with Crippen molar-refractivity contribution in [3.05, 3.63) is 0 Å². The van der Waals surface area contributed by atoms with Crippen molar-refractivity contribution in [1.29, 1.82) is 5.26 Å². The molecule has 0 unspecified atom stereocenters. The second-order valence-electron chi connectivity index (χ2n) is 2.51. The molecule has 0 aromatic rings. The molecule has 13 heavy (non-hydrogen) atoms. The summed E-state index contributed by atoms with van der Waals surface area (Å²) in [6.45, 7) is -2.56. The standard InChI is InChI=1S/C6H11BF3N2.K/c1-2-12(5-3-4-11)6-7(8,9)10;/h2-3,5-6H2,1H3;/q-1;+1. The normalized spacial score (nSPS) is 10.8. The van der Waals surface area contributed by atoms with Gasteiger partial charge in [-0.15, -0.1) is 0 Å². The molecule has 0 rings (SSSR count). The van der Waals surface area contributed by atoms with Crippen molar-refractivity contribution in [2.45, 2.75) is 13.3 Å². The van der Waals surface area contributed by atoms with Gasteiger partial charge >= 0.3 is 58.4 Å². The molecule has 0 bridgehead atoms. The van der Waals surface area contributed by atoms with Crippen molar-refractivity contribution in [1.82, 2.24) is 4.90 Å². The molecule has 7 heteroatoms. The van der Waals surface area contributed by atoms with E-state index in [1.54, 1.807) is 6.92 Å². The molecule has 0 N–H and O–H groups in total. The number of halogens is 3. The SMILES string of the molecule is CCN(CCC#N)C[B-](F)(F)F.[K+]. The molecule has 0 heterocycles. The zero-order chi connectivity index (χ0) is 9.61. The molecule has 0 aliphatic heterocycles. The minimum Gasteiger partial charge on any atom is -0.448 e. The minimum atomic E-state index is -4.75. The summed E-state index contributed by atoms with van der Waals surface area (Å²) >= 11 is 0. The summed E-state index contributed by atoms with van der Waals surface area (Å²) in [5, 5.41) is 8.16.